The van der Waals surface area contributed by atoms with Crippen LogP contribution >= 0.6 is 11.6 Å². The number of hydrogen-bond donors (Lipinski definition) is 0. The topological polar surface area (TPSA) is 227 Å². The average molecular weight is 1140 g/mol. The Balaban J connectivity index is 0.000000203. The van der Waals surface area contributed by atoms with Crippen LogP contribution in [0.15, 0.2) is 91.0 Å². The van der Waals surface area contributed by atoms with E-state index in [9.17, 15) is 27.6 Å². The van der Waals surface area contributed by atoms with E-state index in [1.165, 1.54) is 16.7 Å². The number of carbonyl (C=O) groups is 4. The van der Waals surface area contributed by atoms with Crippen molar-refractivity contribution in [3.63, 3.8) is 0 Å². The molecule has 2 aromatic carbocycles. The molecule has 11 rings (SSSR count). The molecule has 80 heavy (non-hydrogen) atoms. The van der Waals surface area contributed by atoms with Crippen LogP contribution in [0.4, 0.5) is 34.5 Å². The van der Waals surface area contributed by atoms with Crippen LogP contribution in [0, 0.1) is 0 Å². The van der Waals surface area contributed by atoms with E-state index in [0.29, 0.717) is 118 Å². The van der Waals surface area contributed by atoms with E-state index < -0.39 is 26.5 Å². The monoisotopic (exact) mass is 1140 g/mol. The maximum atomic E-state index is 13.0. The molecule has 6 aliphatic heterocycles. The summed E-state index contributed by atoms with van der Waals surface area (Å²) in [6.07, 6.45) is 7.66. The number of likely N-dealkylation sites (N-methyl/N-ethyl adjacent to an activating group) is 3. The van der Waals surface area contributed by atoms with Crippen molar-refractivity contribution in [3.05, 3.63) is 108 Å². The van der Waals surface area contributed by atoms with Crippen molar-refractivity contribution in [1.29, 1.82) is 0 Å². The normalized spacial score (nSPS) is 21.4. The SMILES string of the molecule is C.C.C.C=C(C)c1ccccc1.CCC12COCCN1c1nc(CC(=O)c3ccccc3)ncc1N(C)C2=O.CCC12COCCN1c1nc(Cl)ncc1N(C)C2=O.CCC12COCCN1c1nc(S(C)(=O)=O)ncc1N(C)C2=O. The number of aromatic nitrogens is 6. The molecular weight excluding hydrogens is 1060 g/mol. The standard InChI is InChI=1S/C20H22N4O3.C13H18N4O4S.C12H15ClN4O2.C9H10.3CH4/c1-3-20-13-27-10-9-24(20)18-15(23(2)19(20)26)12-21-17(22-18)11-16(25)14-7-5-4-6-8-14;1-4-13-8-21-6-5-17(13)10-9(16(2)11(13)18)7-14-12(15-10)22(3,19)20;1-3-12-7-19-5-4-17(12)9-8(16(2)10(12)18)6-14-11(13)15-9;1-8(2)9-6-4-3-5-7-9;;;/h4-8,12H,3,9-11,13H2,1-2H3;7H,4-6,8H2,1-3H3;6H,3-5,7H2,1-2H3;3-7H,1H2,2H3;3*1H4. The summed E-state index contributed by atoms with van der Waals surface area (Å²) in [4.78, 5) is 87.0. The van der Waals surface area contributed by atoms with Gasteiger partial charge in [0.25, 0.3) is 17.7 Å². The van der Waals surface area contributed by atoms with Crippen LogP contribution in [-0.4, -0.2) is 165 Å². The summed E-state index contributed by atoms with van der Waals surface area (Å²) in [6, 6.07) is 19.3. The second-order valence-electron chi connectivity index (χ2n) is 19.4. The number of benzene rings is 2. The van der Waals surface area contributed by atoms with Crippen molar-refractivity contribution < 1.29 is 41.8 Å². The molecule has 3 amide bonds. The highest BCUT2D eigenvalue weighted by atomic mass is 35.5. The number of ether oxygens (including phenoxy) is 3. The molecule has 5 aromatic rings. The third-order valence-corrected chi connectivity index (χ3v) is 16.0. The summed E-state index contributed by atoms with van der Waals surface area (Å²) in [5.74, 6) is 2.25. The van der Waals surface area contributed by atoms with Crippen LogP contribution in [0.5, 0.6) is 0 Å². The zero-order chi connectivity index (χ0) is 55.5. The van der Waals surface area contributed by atoms with E-state index >= 15 is 0 Å². The fraction of sp³-hybridized carbons (Fsp3) is 0.474. The Morgan fingerprint density at radius 1 is 0.600 bits per heavy atom. The van der Waals surface area contributed by atoms with Crippen LogP contribution in [0.2, 0.25) is 5.28 Å². The van der Waals surface area contributed by atoms with E-state index in [1.54, 1.807) is 55.5 Å². The summed E-state index contributed by atoms with van der Waals surface area (Å²) >= 11 is 5.90. The van der Waals surface area contributed by atoms with Gasteiger partial charge < -0.3 is 43.6 Å². The molecule has 6 aliphatic rings. The first kappa shape index (κ1) is 63.8. The molecule has 3 unspecified atom stereocenters. The van der Waals surface area contributed by atoms with Gasteiger partial charge >= 0.3 is 0 Å². The van der Waals surface area contributed by atoms with Gasteiger partial charge in [-0.3, -0.25) is 19.2 Å². The number of Topliss-reactive ketones (excluding diaryl/α,β-unsaturated/α-hetero) is 1. The van der Waals surface area contributed by atoms with Crippen LogP contribution in [-0.2, 0) is 44.9 Å². The number of hydrogen-bond acceptors (Lipinski definition) is 18. The van der Waals surface area contributed by atoms with Crippen LogP contribution in [0.25, 0.3) is 5.57 Å². The van der Waals surface area contributed by atoms with Gasteiger partial charge in [-0.15, -0.1) is 0 Å². The minimum atomic E-state index is -3.52. The molecule has 0 bridgehead atoms. The number of allylic oxidation sites excluding steroid dienone is 1. The summed E-state index contributed by atoms with van der Waals surface area (Å²) in [5.41, 5.74) is 2.62. The Morgan fingerprint density at radius 2 is 0.975 bits per heavy atom. The minimum Gasteiger partial charge on any atom is -0.377 e. The summed E-state index contributed by atoms with van der Waals surface area (Å²) in [6.45, 7) is 16.0. The zero-order valence-electron chi connectivity index (χ0n) is 44.7. The predicted octanol–water partition coefficient (Wildman–Crippen LogP) is 7.43. The first-order valence-corrected chi connectivity index (χ1v) is 27.7. The second-order valence-corrected chi connectivity index (χ2v) is 21.7. The minimum absolute atomic E-state index is 0. The Morgan fingerprint density at radius 3 is 1.36 bits per heavy atom. The summed E-state index contributed by atoms with van der Waals surface area (Å²) in [5, 5.41) is -0.0384. The second kappa shape index (κ2) is 26.1. The molecule has 432 valence electrons. The molecule has 3 aromatic heterocycles. The van der Waals surface area contributed by atoms with E-state index in [1.807, 2.05) is 78.8 Å². The predicted molar refractivity (Wildman–Crippen MR) is 314 cm³/mol. The molecule has 3 fully saturated rings. The van der Waals surface area contributed by atoms with Gasteiger partial charge in [-0.1, -0.05) is 116 Å². The maximum Gasteiger partial charge on any atom is 0.255 e. The molecule has 21 nitrogen and oxygen atoms in total. The summed E-state index contributed by atoms with van der Waals surface area (Å²) in [7, 11) is 1.61. The van der Waals surface area contributed by atoms with Gasteiger partial charge in [0, 0.05) is 52.6 Å². The van der Waals surface area contributed by atoms with E-state index in [-0.39, 0.29) is 69.3 Å². The molecule has 0 aliphatic carbocycles. The smallest absolute Gasteiger partial charge is 0.255 e. The lowest BCUT2D eigenvalue weighted by molar-refractivity contribution is -0.129. The molecule has 9 heterocycles. The van der Waals surface area contributed by atoms with Crippen LogP contribution in [0.3, 0.4) is 0 Å². The number of nitrogens with zero attached hydrogens (tertiary/aromatic N) is 12. The number of ketones is 1. The first-order chi connectivity index (χ1) is 36.8. The third kappa shape index (κ3) is 11.9. The number of rotatable bonds is 8. The van der Waals surface area contributed by atoms with Gasteiger partial charge in [0.15, 0.2) is 23.2 Å². The quantitative estimate of drug-likeness (QED) is 0.109. The highest BCUT2D eigenvalue weighted by Crippen LogP contribution is 2.44. The number of amides is 3. The Hall–Kier alpha value is -6.98. The largest absolute Gasteiger partial charge is 0.377 e. The maximum absolute atomic E-state index is 13.0. The van der Waals surface area contributed by atoms with E-state index in [4.69, 9.17) is 25.8 Å². The number of carbonyl (C=O) groups excluding carboxylic acids is 4. The number of morpholine rings is 3. The number of halogens is 1. The Kier molecular flexibility index (Phi) is 20.8. The van der Waals surface area contributed by atoms with Crippen LogP contribution in [0.1, 0.15) is 91.0 Å². The molecule has 3 saturated heterocycles. The molecule has 0 saturated carbocycles. The van der Waals surface area contributed by atoms with Crippen molar-refractivity contribution in [2.45, 2.75) is 97.4 Å². The molecule has 0 N–H and O–H groups in total. The lowest BCUT2D eigenvalue weighted by Gasteiger charge is -2.51. The van der Waals surface area contributed by atoms with Crippen LogP contribution < -0.4 is 29.4 Å². The lowest BCUT2D eigenvalue weighted by Crippen LogP contribution is -2.68. The van der Waals surface area contributed by atoms with Gasteiger partial charge in [-0.05, 0) is 43.4 Å². The van der Waals surface area contributed by atoms with Crippen molar-refractivity contribution in [3.8, 4) is 0 Å². The molecular formula is C57H77ClN12O9S. The van der Waals surface area contributed by atoms with Crippen molar-refractivity contribution in [2.75, 3.05) is 116 Å². The van der Waals surface area contributed by atoms with Gasteiger partial charge in [0.1, 0.15) is 39.5 Å². The fourth-order valence-corrected chi connectivity index (χ4v) is 11.0. The number of fused-ring (bicyclic) bond motifs is 9. The molecule has 0 radical (unpaired) electrons. The van der Waals surface area contributed by atoms with Gasteiger partial charge in [-0.25, -0.2) is 28.4 Å². The van der Waals surface area contributed by atoms with E-state index in [0.717, 1.165) is 11.8 Å². The Labute approximate surface area is 476 Å². The molecule has 23 heteroatoms. The zero-order valence-corrected chi connectivity index (χ0v) is 46.3. The highest BCUT2D eigenvalue weighted by Gasteiger charge is 2.54. The summed E-state index contributed by atoms with van der Waals surface area (Å²) < 4.78 is 40.1. The Bertz CT molecular complexity index is 3160. The lowest BCUT2D eigenvalue weighted by atomic mass is 9.89. The number of sulfone groups is 1. The third-order valence-electron chi connectivity index (χ3n) is 14.9. The molecule has 3 atom stereocenters. The van der Waals surface area contributed by atoms with Gasteiger partial charge in [0.2, 0.25) is 20.3 Å². The number of anilines is 6. The first-order valence-electron chi connectivity index (χ1n) is 25.4. The van der Waals surface area contributed by atoms with E-state index in [2.05, 4.69) is 48.6 Å². The van der Waals surface area contributed by atoms with Crippen molar-refractivity contribution in [1.82, 2.24) is 29.9 Å². The fourth-order valence-electron chi connectivity index (χ4n) is 10.4. The highest BCUT2D eigenvalue weighted by molar-refractivity contribution is 7.90. The van der Waals surface area contributed by atoms with Gasteiger partial charge in [-0.2, -0.15) is 9.97 Å². The molecule has 0 spiro atoms. The average Bonchev–Trinajstić information content (AvgIpc) is 3.45. The van der Waals surface area contributed by atoms with Gasteiger partial charge in [0.05, 0.1) is 64.7 Å². The van der Waals surface area contributed by atoms with Crippen molar-refractivity contribution >= 4 is 85.0 Å². The van der Waals surface area contributed by atoms with Crippen molar-refractivity contribution in [2.24, 2.45) is 0 Å².